The molecule has 206 valence electrons. The van der Waals surface area contributed by atoms with E-state index in [9.17, 15) is 43.7 Å². The van der Waals surface area contributed by atoms with E-state index in [0.29, 0.717) is 5.06 Å². The van der Waals surface area contributed by atoms with Crippen LogP contribution in [0.1, 0.15) is 6.42 Å². The zero-order valence-electron chi connectivity index (χ0n) is 18.7. The van der Waals surface area contributed by atoms with Crippen LogP contribution in [0, 0.1) is 5.92 Å². The summed E-state index contributed by atoms with van der Waals surface area (Å²) >= 11 is 0. The predicted octanol–water partition coefficient (Wildman–Crippen LogP) is -5.67. The van der Waals surface area contributed by atoms with E-state index < -0.39 is 102 Å². The molecule has 0 radical (unpaired) electrons. The molecule has 10 N–H and O–H groups in total. The second-order valence-corrected chi connectivity index (χ2v) is 10.4. The Labute approximate surface area is 207 Å². The quantitative estimate of drug-likeness (QED) is 0.0895. The molecule has 0 aliphatic carbocycles. The highest BCUT2D eigenvalue weighted by molar-refractivity contribution is 7.80. The third-order valence-corrected chi connectivity index (χ3v) is 7.91. The topological polar surface area (TPSA) is 298 Å². The minimum absolute atomic E-state index is 0.0111. The predicted molar refractivity (Wildman–Crippen MR) is 112 cm³/mol. The van der Waals surface area contributed by atoms with Crippen LogP contribution in [-0.4, -0.2) is 144 Å². The van der Waals surface area contributed by atoms with Crippen molar-refractivity contribution >= 4 is 34.3 Å². The lowest BCUT2D eigenvalue weighted by Crippen LogP contribution is -2.78. The van der Waals surface area contributed by atoms with E-state index in [1.807, 2.05) is 0 Å². The van der Waals surface area contributed by atoms with Crippen LogP contribution in [0.4, 0.5) is 4.79 Å². The summed E-state index contributed by atoms with van der Waals surface area (Å²) in [5, 5.41) is 53.9. The Hall–Kier alpha value is -3.05. The number of hydrogen-bond donors (Lipinski definition) is 8. The summed E-state index contributed by atoms with van der Waals surface area (Å²) in [5.74, 6) is -6.26. The van der Waals surface area contributed by atoms with Gasteiger partial charge in [-0.15, -0.1) is 0 Å². The van der Waals surface area contributed by atoms with E-state index in [2.05, 4.69) is 14.2 Å². The molecule has 0 aromatic heterocycles. The summed E-state index contributed by atoms with van der Waals surface area (Å²) in [6.45, 7) is -2.90. The van der Waals surface area contributed by atoms with Crippen molar-refractivity contribution in [3.8, 4) is 0 Å². The monoisotopic (exact) mass is 552 g/mol. The van der Waals surface area contributed by atoms with Crippen LogP contribution >= 0.6 is 0 Å². The number of rotatable bonds is 5. The van der Waals surface area contributed by atoms with Gasteiger partial charge >= 0.3 is 16.5 Å². The molecule has 0 aromatic rings. The second kappa shape index (κ2) is 7.73. The lowest BCUT2D eigenvalue weighted by molar-refractivity contribution is -0.317. The molecule has 5 rings (SSSR count). The molecule has 0 unspecified atom stereocenters. The number of carbonyl (C=O) groups is 2. The Bertz CT molecular complexity index is 1210. The molecule has 3 fully saturated rings. The summed E-state index contributed by atoms with van der Waals surface area (Å²) in [6, 6.07) is -4.37. The molecule has 37 heavy (non-hydrogen) atoms. The SMILES string of the molecule is NC1=N[C@@]23[C@@H]4[C@H](N=C(N)N2C[C@]2(C[C@H]([C@@H](CO)COS(=O)(=O)O)N(O)C(=O)O2)C3(O)O)C(=O)N(O)CN14. The normalized spacial score (nSPS) is 37.3. The van der Waals surface area contributed by atoms with Crippen LogP contribution < -0.4 is 11.5 Å². The number of aliphatic imine (C=N–C) groups is 2. The van der Waals surface area contributed by atoms with Crippen LogP contribution in [-0.2, 0) is 24.1 Å². The molecule has 5 aliphatic rings. The third-order valence-electron chi connectivity index (χ3n) is 7.47. The Morgan fingerprint density at radius 1 is 1.22 bits per heavy atom. The fourth-order valence-electron chi connectivity index (χ4n) is 5.78. The van der Waals surface area contributed by atoms with Crippen molar-refractivity contribution in [2.24, 2.45) is 27.4 Å². The first-order valence-corrected chi connectivity index (χ1v) is 12.1. The summed E-state index contributed by atoms with van der Waals surface area (Å²) in [7, 11) is -4.97. The number of nitrogens with two attached hydrogens (primary N) is 2. The fourth-order valence-corrected chi connectivity index (χ4v) is 6.12. The number of aliphatic hydroxyl groups is 3. The third kappa shape index (κ3) is 3.22. The first-order valence-electron chi connectivity index (χ1n) is 10.7. The van der Waals surface area contributed by atoms with Crippen molar-refractivity contribution in [3.63, 3.8) is 0 Å². The van der Waals surface area contributed by atoms with Gasteiger partial charge in [-0.1, -0.05) is 0 Å². The van der Waals surface area contributed by atoms with Crippen molar-refractivity contribution in [2.75, 3.05) is 26.4 Å². The smallest absolute Gasteiger partial charge is 0.433 e. The molecule has 0 bridgehead atoms. The largest absolute Gasteiger partial charge is 0.434 e. The van der Waals surface area contributed by atoms with E-state index in [0.717, 1.165) is 4.90 Å². The van der Waals surface area contributed by atoms with Crippen LogP contribution in [0.2, 0.25) is 0 Å². The number of aliphatic hydroxyl groups excluding tert-OH is 1. The number of ether oxygens (including phenoxy) is 1. The Morgan fingerprint density at radius 3 is 2.51 bits per heavy atom. The summed E-state index contributed by atoms with van der Waals surface area (Å²) < 4.78 is 40.5. The van der Waals surface area contributed by atoms with Gasteiger partial charge < -0.3 is 41.3 Å². The van der Waals surface area contributed by atoms with Gasteiger partial charge in [-0.05, 0) is 0 Å². The zero-order valence-corrected chi connectivity index (χ0v) is 19.5. The first-order chi connectivity index (χ1) is 17.1. The van der Waals surface area contributed by atoms with Crippen molar-refractivity contribution in [3.05, 3.63) is 0 Å². The van der Waals surface area contributed by atoms with E-state index in [4.69, 9.17) is 20.8 Å². The van der Waals surface area contributed by atoms with Gasteiger partial charge in [0.05, 0.1) is 25.8 Å². The van der Waals surface area contributed by atoms with E-state index >= 15 is 0 Å². The van der Waals surface area contributed by atoms with Gasteiger partial charge in [0.2, 0.25) is 5.66 Å². The van der Waals surface area contributed by atoms with Gasteiger partial charge in [0.15, 0.2) is 23.6 Å². The molecule has 5 aliphatic heterocycles. The standard InChI is InChI=1S/C16H24N8O12S/c17-11-19-8-9-15(20-12(18)21(9)5-23(30)10(8)26)16(28,29)14(4-22(11)15)1-7(24(31)13(27)36-14)6(2-25)3-35-37(32,33)34/h6-9,25,28-31H,1-5H2,(H2,17,19)(H2,18,20)(H,32,33,34)/t6-,7+,8-,9-,14+,15-/m0/s1. The molecule has 20 nitrogen and oxygen atoms in total. The number of hydroxylamine groups is 4. The number of carbonyl (C=O) groups excluding carboxylic acids is 2. The van der Waals surface area contributed by atoms with Gasteiger partial charge in [-0.25, -0.2) is 24.0 Å². The lowest BCUT2D eigenvalue weighted by atomic mass is 9.75. The summed E-state index contributed by atoms with van der Waals surface area (Å²) in [6.07, 6.45) is -2.17. The molecule has 2 amide bonds. The minimum atomic E-state index is -4.97. The summed E-state index contributed by atoms with van der Waals surface area (Å²) in [5.41, 5.74) is 7.43. The van der Waals surface area contributed by atoms with Crippen LogP contribution in [0.15, 0.2) is 9.98 Å². The molecule has 6 atom stereocenters. The van der Waals surface area contributed by atoms with Crippen molar-refractivity contribution in [1.82, 2.24) is 19.9 Å². The number of guanidine groups is 2. The maximum absolute atomic E-state index is 12.7. The maximum atomic E-state index is 12.7. The first kappa shape index (κ1) is 25.6. The van der Waals surface area contributed by atoms with Gasteiger partial charge in [0.25, 0.3) is 11.7 Å². The molecule has 21 heteroatoms. The molecule has 3 saturated heterocycles. The second-order valence-electron chi connectivity index (χ2n) is 9.31. The van der Waals surface area contributed by atoms with Gasteiger partial charge in [-0.3, -0.25) is 19.8 Å². The average molecular weight is 552 g/mol. The maximum Gasteiger partial charge on any atom is 0.434 e. The highest BCUT2D eigenvalue weighted by atomic mass is 32.3. The molecule has 0 saturated carbocycles. The number of nitrogens with zero attached hydrogens (tertiary/aromatic N) is 6. The molecule has 0 aromatic carbocycles. The Morgan fingerprint density at radius 2 is 1.89 bits per heavy atom. The van der Waals surface area contributed by atoms with Gasteiger partial charge in [0.1, 0.15) is 12.7 Å². The van der Waals surface area contributed by atoms with E-state index in [-0.39, 0.29) is 11.0 Å². The highest BCUT2D eigenvalue weighted by Gasteiger charge is 2.83. The Kier molecular flexibility index (Phi) is 5.35. The van der Waals surface area contributed by atoms with Crippen molar-refractivity contribution in [1.29, 1.82) is 0 Å². The van der Waals surface area contributed by atoms with Crippen LogP contribution in [0.25, 0.3) is 0 Å². The molecule has 2 spiro atoms. The van der Waals surface area contributed by atoms with Gasteiger partial charge in [0, 0.05) is 12.3 Å². The van der Waals surface area contributed by atoms with Crippen LogP contribution in [0.3, 0.4) is 0 Å². The Balaban J connectivity index is 1.59. The van der Waals surface area contributed by atoms with Crippen LogP contribution in [0.5, 0.6) is 0 Å². The zero-order chi connectivity index (χ0) is 27.3. The average Bonchev–Trinajstić information content (AvgIpc) is 3.19. The molecule has 5 heterocycles. The number of hydrogen-bond acceptors (Lipinski definition) is 17. The lowest BCUT2D eigenvalue weighted by Gasteiger charge is -2.53. The van der Waals surface area contributed by atoms with E-state index in [1.165, 1.54) is 4.90 Å². The minimum Gasteiger partial charge on any atom is -0.433 e. The number of amides is 2. The highest BCUT2D eigenvalue weighted by Crippen LogP contribution is 2.57. The fraction of sp³-hybridized carbons (Fsp3) is 0.750. The molecular formula is C16H24N8O12S. The molecular weight excluding hydrogens is 528 g/mol. The van der Waals surface area contributed by atoms with E-state index in [1.54, 1.807) is 0 Å². The van der Waals surface area contributed by atoms with Gasteiger partial charge in [-0.2, -0.15) is 13.5 Å². The van der Waals surface area contributed by atoms with Crippen molar-refractivity contribution in [2.45, 2.75) is 41.6 Å². The van der Waals surface area contributed by atoms with Crippen molar-refractivity contribution < 1.29 is 57.2 Å². The summed E-state index contributed by atoms with van der Waals surface area (Å²) in [4.78, 5) is 35.9.